The maximum atomic E-state index is 12.0. The van der Waals surface area contributed by atoms with Gasteiger partial charge in [-0.3, -0.25) is 9.48 Å². The van der Waals surface area contributed by atoms with Gasteiger partial charge in [0.25, 0.3) is 0 Å². The number of nitrogens with zero attached hydrogens (tertiary/aromatic N) is 3. The van der Waals surface area contributed by atoms with Crippen LogP contribution in [0.15, 0.2) is 18.5 Å². The van der Waals surface area contributed by atoms with Gasteiger partial charge in [-0.2, -0.15) is 5.10 Å². The summed E-state index contributed by atoms with van der Waals surface area (Å²) >= 11 is 0. The van der Waals surface area contributed by atoms with Crippen molar-refractivity contribution in [2.75, 3.05) is 26.7 Å². The van der Waals surface area contributed by atoms with E-state index in [0.717, 1.165) is 38.4 Å². The minimum atomic E-state index is 0. The number of aryl methyl sites for hydroxylation is 1. The van der Waals surface area contributed by atoms with Crippen molar-refractivity contribution in [3.63, 3.8) is 0 Å². The molecule has 2 rings (SSSR count). The number of rotatable bonds is 5. The highest BCUT2D eigenvalue weighted by molar-refractivity contribution is 5.85. The van der Waals surface area contributed by atoms with Crippen molar-refractivity contribution in [3.05, 3.63) is 18.5 Å². The number of likely N-dealkylation sites (tertiary alicyclic amines) is 1. The summed E-state index contributed by atoms with van der Waals surface area (Å²) < 4.78 is 1.81. The molecule has 7 heteroatoms. The standard InChI is InChI=1S/C13H22N4O.2ClH/c1-14-11-12-3-8-16(9-4-12)13(18)5-10-17-7-2-6-15-17;;/h2,6-7,12,14H,3-5,8-11H2,1H3;2*1H. The molecule has 0 saturated carbocycles. The van der Waals surface area contributed by atoms with Gasteiger partial charge in [0.05, 0.1) is 0 Å². The molecule has 0 bridgehead atoms. The second-order valence-corrected chi connectivity index (χ2v) is 4.90. The van der Waals surface area contributed by atoms with Crippen molar-refractivity contribution >= 4 is 30.7 Å². The second-order valence-electron chi connectivity index (χ2n) is 4.90. The molecule has 0 spiro atoms. The smallest absolute Gasteiger partial charge is 0.224 e. The van der Waals surface area contributed by atoms with Crippen LogP contribution in [0.1, 0.15) is 19.3 Å². The highest BCUT2D eigenvalue weighted by Crippen LogP contribution is 2.16. The molecule has 1 saturated heterocycles. The lowest BCUT2D eigenvalue weighted by molar-refractivity contribution is -0.132. The summed E-state index contributed by atoms with van der Waals surface area (Å²) in [6.45, 7) is 3.56. The molecule has 0 unspecified atom stereocenters. The first kappa shape index (κ1) is 19.2. The molecule has 0 aromatic carbocycles. The molecule has 0 aliphatic carbocycles. The molecular formula is C13H24Cl2N4O. The Hall–Kier alpha value is -0.780. The van der Waals surface area contributed by atoms with Gasteiger partial charge in [-0.1, -0.05) is 0 Å². The van der Waals surface area contributed by atoms with Gasteiger partial charge in [0.15, 0.2) is 0 Å². The van der Waals surface area contributed by atoms with Gasteiger partial charge in [0, 0.05) is 38.4 Å². The van der Waals surface area contributed by atoms with Crippen LogP contribution in [-0.4, -0.2) is 47.3 Å². The van der Waals surface area contributed by atoms with Crippen LogP contribution in [0.2, 0.25) is 0 Å². The van der Waals surface area contributed by atoms with Crippen molar-refractivity contribution in [2.24, 2.45) is 5.92 Å². The first-order chi connectivity index (χ1) is 8.79. The van der Waals surface area contributed by atoms with Crippen molar-refractivity contribution in [1.29, 1.82) is 0 Å². The third-order valence-electron chi connectivity index (χ3n) is 3.57. The molecule has 1 aromatic rings. The SMILES string of the molecule is CNCC1CCN(C(=O)CCn2cccn2)CC1.Cl.Cl. The molecular weight excluding hydrogens is 299 g/mol. The van der Waals surface area contributed by atoms with Crippen LogP contribution in [0.4, 0.5) is 0 Å². The third-order valence-corrected chi connectivity index (χ3v) is 3.57. The molecule has 2 heterocycles. The highest BCUT2D eigenvalue weighted by Gasteiger charge is 2.21. The molecule has 116 valence electrons. The number of nitrogens with one attached hydrogen (secondary N) is 1. The summed E-state index contributed by atoms with van der Waals surface area (Å²) in [4.78, 5) is 14.0. The Morgan fingerprint density at radius 1 is 1.35 bits per heavy atom. The topological polar surface area (TPSA) is 50.2 Å². The second kappa shape index (κ2) is 10.0. The number of aromatic nitrogens is 2. The summed E-state index contributed by atoms with van der Waals surface area (Å²) in [6, 6.07) is 1.88. The van der Waals surface area contributed by atoms with Gasteiger partial charge in [0.2, 0.25) is 5.91 Å². The molecule has 0 atom stereocenters. The zero-order valence-electron chi connectivity index (χ0n) is 11.8. The normalized spacial score (nSPS) is 15.3. The molecule has 1 amide bonds. The predicted octanol–water partition coefficient (Wildman–Crippen LogP) is 1.57. The Labute approximate surface area is 132 Å². The summed E-state index contributed by atoms with van der Waals surface area (Å²) in [5.41, 5.74) is 0. The molecule has 1 aromatic heterocycles. The number of carbonyl (C=O) groups excluding carboxylic acids is 1. The fourth-order valence-corrected chi connectivity index (χ4v) is 2.48. The van der Waals surface area contributed by atoms with E-state index in [-0.39, 0.29) is 30.7 Å². The summed E-state index contributed by atoms with van der Waals surface area (Å²) in [7, 11) is 1.99. The monoisotopic (exact) mass is 322 g/mol. The van der Waals surface area contributed by atoms with Gasteiger partial charge in [-0.05, 0) is 38.4 Å². The number of hydrogen-bond donors (Lipinski definition) is 1. The Morgan fingerprint density at radius 3 is 2.60 bits per heavy atom. The van der Waals surface area contributed by atoms with E-state index in [4.69, 9.17) is 0 Å². The first-order valence-corrected chi connectivity index (χ1v) is 6.69. The van der Waals surface area contributed by atoms with Crippen LogP contribution < -0.4 is 5.32 Å². The predicted molar refractivity (Wildman–Crippen MR) is 84.6 cm³/mol. The quantitative estimate of drug-likeness (QED) is 0.895. The molecule has 0 radical (unpaired) electrons. The Bertz CT molecular complexity index is 364. The van der Waals surface area contributed by atoms with Crippen LogP contribution in [0.5, 0.6) is 0 Å². The number of halogens is 2. The van der Waals surface area contributed by atoms with E-state index in [1.165, 1.54) is 0 Å². The average Bonchev–Trinajstić information content (AvgIpc) is 2.90. The van der Waals surface area contributed by atoms with E-state index in [9.17, 15) is 4.79 Å². The highest BCUT2D eigenvalue weighted by atomic mass is 35.5. The lowest BCUT2D eigenvalue weighted by Crippen LogP contribution is -2.40. The number of piperidine rings is 1. The van der Waals surface area contributed by atoms with Gasteiger partial charge < -0.3 is 10.2 Å². The lowest BCUT2D eigenvalue weighted by atomic mass is 9.96. The van der Waals surface area contributed by atoms with Gasteiger partial charge in [-0.25, -0.2) is 0 Å². The molecule has 1 N–H and O–H groups in total. The number of hydrogen-bond acceptors (Lipinski definition) is 3. The summed E-state index contributed by atoms with van der Waals surface area (Å²) in [5, 5.41) is 7.32. The Morgan fingerprint density at radius 2 is 2.05 bits per heavy atom. The molecule has 5 nitrogen and oxygen atoms in total. The average molecular weight is 323 g/mol. The molecule has 1 fully saturated rings. The maximum Gasteiger partial charge on any atom is 0.224 e. The zero-order valence-corrected chi connectivity index (χ0v) is 13.5. The fourth-order valence-electron chi connectivity index (χ4n) is 2.48. The van der Waals surface area contributed by atoms with Gasteiger partial charge >= 0.3 is 0 Å². The largest absolute Gasteiger partial charge is 0.343 e. The molecule has 1 aliphatic heterocycles. The van der Waals surface area contributed by atoms with Gasteiger partial charge in [0.1, 0.15) is 0 Å². The number of amides is 1. The van der Waals surface area contributed by atoms with Crippen molar-refractivity contribution in [2.45, 2.75) is 25.8 Å². The number of carbonyl (C=O) groups is 1. The molecule has 1 aliphatic rings. The van der Waals surface area contributed by atoms with Crippen LogP contribution >= 0.6 is 24.8 Å². The van der Waals surface area contributed by atoms with Crippen LogP contribution in [0.25, 0.3) is 0 Å². The third kappa shape index (κ3) is 5.69. The zero-order chi connectivity index (χ0) is 12.8. The van der Waals surface area contributed by atoms with Crippen molar-refractivity contribution < 1.29 is 4.79 Å². The van der Waals surface area contributed by atoms with E-state index < -0.39 is 0 Å². The Kier molecular flexibility index (Phi) is 9.63. The summed E-state index contributed by atoms with van der Waals surface area (Å²) in [6.07, 6.45) is 6.43. The van der Waals surface area contributed by atoms with Crippen LogP contribution in [-0.2, 0) is 11.3 Å². The lowest BCUT2D eigenvalue weighted by Gasteiger charge is -2.32. The summed E-state index contributed by atoms with van der Waals surface area (Å²) in [5.74, 6) is 0.985. The van der Waals surface area contributed by atoms with Crippen LogP contribution in [0.3, 0.4) is 0 Å². The van der Waals surface area contributed by atoms with E-state index in [1.54, 1.807) is 6.20 Å². The Balaban J connectivity index is 0.00000180. The van der Waals surface area contributed by atoms with Crippen LogP contribution in [0, 0.1) is 5.92 Å². The van der Waals surface area contributed by atoms with Gasteiger partial charge in [-0.15, -0.1) is 24.8 Å². The minimum absolute atomic E-state index is 0. The van der Waals surface area contributed by atoms with E-state index >= 15 is 0 Å². The van der Waals surface area contributed by atoms with Crippen molar-refractivity contribution in [3.8, 4) is 0 Å². The minimum Gasteiger partial charge on any atom is -0.343 e. The molecule has 20 heavy (non-hydrogen) atoms. The van der Waals surface area contributed by atoms with E-state index in [2.05, 4.69) is 10.4 Å². The van der Waals surface area contributed by atoms with E-state index in [0.29, 0.717) is 13.0 Å². The maximum absolute atomic E-state index is 12.0. The van der Waals surface area contributed by atoms with Crippen molar-refractivity contribution in [1.82, 2.24) is 20.0 Å². The van der Waals surface area contributed by atoms with E-state index in [1.807, 2.05) is 28.9 Å². The first-order valence-electron chi connectivity index (χ1n) is 6.69. The fraction of sp³-hybridized carbons (Fsp3) is 0.692.